The number of amides is 1. The summed E-state index contributed by atoms with van der Waals surface area (Å²) >= 11 is 5.58. The van der Waals surface area contributed by atoms with E-state index in [1.807, 2.05) is 6.92 Å². The van der Waals surface area contributed by atoms with Crippen LogP contribution in [0.2, 0.25) is 5.02 Å². The van der Waals surface area contributed by atoms with E-state index in [1.165, 1.54) is 18.3 Å². The number of carbonyl (C=O) groups is 1. The molecule has 1 aromatic carbocycles. The number of anilines is 1. The summed E-state index contributed by atoms with van der Waals surface area (Å²) in [4.78, 5) is 32.8. The number of carbonyl (C=O) groups excluding carboxylic acids is 1. The number of hydrogen-bond acceptors (Lipinski definition) is 4. The van der Waals surface area contributed by atoms with Gasteiger partial charge in [0.25, 0.3) is 11.2 Å². The quantitative estimate of drug-likeness (QED) is 0.516. The summed E-state index contributed by atoms with van der Waals surface area (Å²) in [6.07, 6.45) is 1.96. The Morgan fingerprint density at radius 2 is 2.10 bits per heavy atom. The summed E-state index contributed by atoms with van der Waals surface area (Å²) in [6.45, 7) is 1.83. The first-order valence-corrected chi connectivity index (χ1v) is 6.12. The van der Waals surface area contributed by atoms with E-state index in [-0.39, 0.29) is 22.0 Å². The van der Waals surface area contributed by atoms with Crippen LogP contribution in [0.4, 0.5) is 11.4 Å². The number of benzene rings is 1. The second-order valence-electron chi connectivity index (χ2n) is 3.89. The standard InChI is InChI=1S/C7H6ClNO2.C6H6N2O2/c1-5-2-3-7(9(10)11)6(8)4-5;9-4-8-5-2-1-3-7-6(5)10/h2-4H,1H3;1-4H,(H,7,10)(H,8,9). The third kappa shape index (κ3) is 5.07. The number of hydrogen-bond donors (Lipinski definition) is 2. The molecule has 0 aliphatic carbocycles. The Morgan fingerprint density at radius 1 is 1.38 bits per heavy atom. The minimum atomic E-state index is -0.498. The Labute approximate surface area is 124 Å². The summed E-state index contributed by atoms with van der Waals surface area (Å²) in [7, 11) is 0. The van der Waals surface area contributed by atoms with E-state index in [0.29, 0.717) is 6.41 Å². The van der Waals surface area contributed by atoms with Crippen LogP contribution in [0.15, 0.2) is 41.3 Å². The summed E-state index contributed by atoms with van der Waals surface area (Å²) < 4.78 is 0. The fourth-order valence-corrected chi connectivity index (χ4v) is 1.66. The molecule has 110 valence electrons. The normalized spacial score (nSPS) is 9.24. The van der Waals surface area contributed by atoms with Crippen LogP contribution in [-0.4, -0.2) is 16.3 Å². The van der Waals surface area contributed by atoms with Gasteiger partial charge in [-0.15, -0.1) is 0 Å². The highest BCUT2D eigenvalue weighted by molar-refractivity contribution is 6.32. The number of H-pyrrole nitrogens is 1. The van der Waals surface area contributed by atoms with E-state index in [0.717, 1.165) is 5.56 Å². The maximum Gasteiger partial charge on any atom is 0.287 e. The van der Waals surface area contributed by atoms with Gasteiger partial charge in [-0.3, -0.25) is 19.7 Å². The smallest absolute Gasteiger partial charge is 0.287 e. The third-order valence-corrected chi connectivity index (χ3v) is 2.64. The van der Waals surface area contributed by atoms with Crippen molar-refractivity contribution in [3.8, 4) is 0 Å². The lowest BCUT2D eigenvalue weighted by Crippen LogP contribution is -2.11. The fraction of sp³-hybridized carbons (Fsp3) is 0.0769. The van der Waals surface area contributed by atoms with Gasteiger partial charge in [0.15, 0.2) is 0 Å². The minimum Gasteiger partial charge on any atom is -0.327 e. The first-order chi connectivity index (χ1) is 9.95. The third-order valence-electron chi connectivity index (χ3n) is 2.33. The molecule has 0 saturated carbocycles. The number of aromatic amines is 1. The zero-order valence-corrected chi connectivity index (χ0v) is 11.8. The van der Waals surface area contributed by atoms with E-state index < -0.39 is 4.92 Å². The first-order valence-electron chi connectivity index (χ1n) is 5.74. The lowest BCUT2D eigenvalue weighted by atomic mass is 10.2. The Hall–Kier alpha value is -2.67. The van der Waals surface area contributed by atoms with Crippen molar-refractivity contribution in [3.05, 3.63) is 67.6 Å². The Morgan fingerprint density at radius 3 is 2.62 bits per heavy atom. The molecule has 2 N–H and O–H groups in total. The highest BCUT2D eigenvalue weighted by atomic mass is 35.5. The molecule has 0 aliphatic heterocycles. The molecule has 0 unspecified atom stereocenters. The molecule has 1 amide bonds. The number of halogens is 1. The van der Waals surface area contributed by atoms with Crippen LogP contribution in [0, 0.1) is 17.0 Å². The molecule has 0 aliphatic rings. The monoisotopic (exact) mass is 309 g/mol. The summed E-state index contributed by atoms with van der Waals surface area (Å²) in [5.41, 5.74) is 0.838. The van der Waals surface area contributed by atoms with Gasteiger partial charge in [0.1, 0.15) is 10.7 Å². The zero-order chi connectivity index (χ0) is 15.8. The molecule has 0 fully saturated rings. The summed E-state index contributed by atoms with van der Waals surface area (Å²) in [5.74, 6) is 0. The van der Waals surface area contributed by atoms with Crippen LogP contribution >= 0.6 is 11.6 Å². The molecule has 2 rings (SSSR count). The summed E-state index contributed by atoms with van der Waals surface area (Å²) in [5, 5.41) is 12.7. The Bertz CT molecular complexity index is 700. The van der Waals surface area contributed by atoms with E-state index in [2.05, 4.69) is 10.3 Å². The lowest BCUT2D eigenvalue weighted by molar-refractivity contribution is -0.384. The Balaban J connectivity index is 0.000000211. The van der Waals surface area contributed by atoms with Crippen molar-refractivity contribution in [1.29, 1.82) is 0 Å². The molecule has 0 atom stereocenters. The van der Waals surface area contributed by atoms with Crippen LogP contribution in [0.25, 0.3) is 0 Å². The molecule has 1 aromatic heterocycles. The molecule has 7 nitrogen and oxygen atoms in total. The number of nitro groups is 1. The molecule has 1 heterocycles. The Kier molecular flexibility index (Phi) is 6.09. The minimum absolute atomic E-state index is 0.0442. The van der Waals surface area contributed by atoms with Crippen molar-refractivity contribution in [2.24, 2.45) is 0 Å². The van der Waals surface area contributed by atoms with Gasteiger partial charge in [-0.25, -0.2) is 0 Å². The van der Waals surface area contributed by atoms with Crippen LogP contribution < -0.4 is 10.9 Å². The SMILES string of the molecule is Cc1ccc([N+](=O)[O-])c(Cl)c1.O=CNc1ccc[nH]c1=O. The maximum atomic E-state index is 10.7. The molecule has 0 bridgehead atoms. The van der Waals surface area contributed by atoms with Crippen molar-refractivity contribution in [3.63, 3.8) is 0 Å². The second kappa shape index (κ2) is 7.81. The highest BCUT2D eigenvalue weighted by Gasteiger charge is 2.09. The number of pyridine rings is 1. The van der Waals surface area contributed by atoms with Crippen LogP contribution in [-0.2, 0) is 4.79 Å². The van der Waals surface area contributed by atoms with E-state index in [9.17, 15) is 19.7 Å². The van der Waals surface area contributed by atoms with Crippen molar-refractivity contribution < 1.29 is 9.72 Å². The van der Waals surface area contributed by atoms with Gasteiger partial charge in [-0.05, 0) is 30.7 Å². The van der Waals surface area contributed by atoms with Crippen molar-refractivity contribution in [1.82, 2.24) is 4.98 Å². The second-order valence-corrected chi connectivity index (χ2v) is 4.29. The van der Waals surface area contributed by atoms with Gasteiger partial charge in [0, 0.05) is 12.3 Å². The fourth-order valence-electron chi connectivity index (χ4n) is 1.36. The topological polar surface area (TPSA) is 105 Å². The van der Waals surface area contributed by atoms with E-state index in [4.69, 9.17) is 11.6 Å². The molecule has 21 heavy (non-hydrogen) atoms. The molecule has 0 spiro atoms. The van der Waals surface area contributed by atoms with Gasteiger partial charge >= 0.3 is 0 Å². The predicted octanol–water partition coefficient (Wildman–Crippen LogP) is 2.50. The van der Waals surface area contributed by atoms with Gasteiger partial charge in [-0.2, -0.15) is 0 Å². The lowest BCUT2D eigenvalue weighted by Gasteiger charge is -1.94. The van der Waals surface area contributed by atoms with Crippen molar-refractivity contribution in [2.45, 2.75) is 6.92 Å². The number of rotatable bonds is 3. The molecular formula is C13H12ClN3O4. The maximum absolute atomic E-state index is 10.7. The number of nitro benzene ring substituents is 1. The van der Waals surface area contributed by atoms with E-state index in [1.54, 1.807) is 18.2 Å². The molecule has 0 saturated heterocycles. The van der Waals surface area contributed by atoms with Gasteiger partial charge in [0.2, 0.25) is 6.41 Å². The first kappa shape index (κ1) is 16.4. The van der Waals surface area contributed by atoms with Crippen molar-refractivity contribution in [2.75, 3.05) is 5.32 Å². The molecule has 8 heteroatoms. The van der Waals surface area contributed by atoms with Crippen LogP contribution in [0.3, 0.4) is 0 Å². The number of aromatic nitrogens is 1. The van der Waals surface area contributed by atoms with Gasteiger partial charge < -0.3 is 10.3 Å². The predicted molar refractivity (Wildman–Crippen MR) is 79.6 cm³/mol. The average Bonchev–Trinajstić information content (AvgIpc) is 2.42. The average molecular weight is 310 g/mol. The summed E-state index contributed by atoms with van der Waals surface area (Å²) in [6, 6.07) is 7.78. The van der Waals surface area contributed by atoms with E-state index >= 15 is 0 Å². The number of nitrogens with one attached hydrogen (secondary N) is 2. The number of nitrogens with zero attached hydrogens (tertiary/aromatic N) is 1. The van der Waals surface area contributed by atoms with Crippen molar-refractivity contribution >= 4 is 29.4 Å². The molecular weight excluding hydrogens is 298 g/mol. The molecule has 2 aromatic rings. The van der Waals surface area contributed by atoms with Crippen LogP contribution in [0.5, 0.6) is 0 Å². The zero-order valence-electron chi connectivity index (χ0n) is 11.0. The highest BCUT2D eigenvalue weighted by Crippen LogP contribution is 2.24. The largest absolute Gasteiger partial charge is 0.327 e. The van der Waals surface area contributed by atoms with Gasteiger partial charge in [0.05, 0.1) is 4.92 Å². The number of aryl methyl sites for hydroxylation is 1. The van der Waals surface area contributed by atoms with Crippen LogP contribution in [0.1, 0.15) is 5.56 Å². The van der Waals surface area contributed by atoms with Gasteiger partial charge in [-0.1, -0.05) is 17.7 Å². The molecule has 0 radical (unpaired) electrons.